The van der Waals surface area contributed by atoms with E-state index in [1.54, 1.807) is 30.3 Å². The Hall–Kier alpha value is -1.45. The molecule has 1 amide bonds. The van der Waals surface area contributed by atoms with Gasteiger partial charge in [-0.1, -0.05) is 35.9 Å². The SMILES string of the molecule is O=C(Nc1cccc(S)c1Cl)c1ccccc1. The van der Waals surface area contributed by atoms with Gasteiger partial charge in [0, 0.05) is 10.5 Å². The number of carbonyl (C=O) groups is 1. The van der Waals surface area contributed by atoms with Crippen LogP contribution in [0.25, 0.3) is 0 Å². The van der Waals surface area contributed by atoms with Crippen LogP contribution in [-0.4, -0.2) is 5.91 Å². The molecule has 0 radical (unpaired) electrons. The Bertz CT molecular complexity index is 542. The normalized spacial score (nSPS) is 10.0. The summed E-state index contributed by atoms with van der Waals surface area (Å²) in [5.41, 5.74) is 1.15. The molecule has 0 saturated carbocycles. The molecule has 0 aliphatic rings. The zero-order valence-corrected chi connectivity index (χ0v) is 10.5. The molecule has 86 valence electrons. The summed E-state index contributed by atoms with van der Waals surface area (Å²) in [6.07, 6.45) is 0. The van der Waals surface area contributed by atoms with E-state index in [1.807, 2.05) is 18.2 Å². The Morgan fingerprint density at radius 1 is 1.06 bits per heavy atom. The van der Waals surface area contributed by atoms with Gasteiger partial charge in [0.1, 0.15) is 0 Å². The number of rotatable bonds is 2. The Kier molecular flexibility index (Phi) is 3.71. The van der Waals surface area contributed by atoms with Gasteiger partial charge in [0.05, 0.1) is 10.7 Å². The lowest BCUT2D eigenvalue weighted by Gasteiger charge is -2.08. The van der Waals surface area contributed by atoms with E-state index < -0.39 is 0 Å². The predicted molar refractivity (Wildman–Crippen MR) is 73.1 cm³/mol. The van der Waals surface area contributed by atoms with Crippen molar-refractivity contribution in [3.05, 3.63) is 59.1 Å². The van der Waals surface area contributed by atoms with E-state index in [0.29, 0.717) is 21.2 Å². The van der Waals surface area contributed by atoms with E-state index in [1.165, 1.54) is 0 Å². The molecule has 4 heteroatoms. The molecule has 17 heavy (non-hydrogen) atoms. The van der Waals surface area contributed by atoms with Gasteiger partial charge >= 0.3 is 0 Å². The van der Waals surface area contributed by atoms with E-state index >= 15 is 0 Å². The molecular formula is C13H10ClNOS. The van der Waals surface area contributed by atoms with Crippen molar-refractivity contribution in [3.8, 4) is 0 Å². The summed E-state index contributed by atoms with van der Waals surface area (Å²) in [5.74, 6) is -0.188. The Labute approximate surface area is 110 Å². The van der Waals surface area contributed by atoms with E-state index in [9.17, 15) is 4.79 Å². The number of hydrogen-bond donors (Lipinski definition) is 2. The van der Waals surface area contributed by atoms with Gasteiger partial charge in [0.25, 0.3) is 5.91 Å². The smallest absolute Gasteiger partial charge is 0.255 e. The van der Waals surface area contributed by atoms with Crippen molar-refractivity contribution in [2.24, 2.45) is 0 Å². The van der Waals surface area contributed by atoms with Gasteiger partial charge in [-0.05, 0) is 24.3 Å². The van der Waals surface area contributed by atoms with Crippen LogP contribution in [0.1, 0.15) is 10.4 Å². The zero-order chi connectivity index (χ0) is 12.3. The summed E-state index contributed by atoms with van der Waals surface area (Å²) in [7, 11) is 0. The first kappa shape index (κ1) is 12.0. The number of halogens is 1. The van der Waals surface area contributed by atoms with E-state index in [0.717, 1.165) is 0 Å². The van der Waals surface area contributed by atoms with Crippen LogP contribution in [0.2, 0.25) is 5.02 Å². The molecule has 2 nitrogen and oxygen atoms in total. The van der Waals surface area contributed by atoms with Crippen molar-refractivity contribution in [2.75, 3.05) is 5.32 Å². The highest BCUT2D eigenvalue weighted by atomic mass is 35.5. The minimum Gasteiger partial charge on any atom is -0.321 e. The van der Waals surface area contributed by atoms with Crippen molar-refractivity contribution >= 4 is 35.8 Å². The summed E-state index contributed by atoms with van der Waals surface area (Å²) in [5, 5.41) is 3.19. The fourth-order valence-electron chi connectivity index (χ4n) is 1.40. The first-order valence-electron chi connectivity index (χ1n) is 5.02. The second-order valence-corrected chi connectivity index (χ2v) is 4.32. The first-order valence-corrected chi connectivity index (χ1v) is 5.85. The number of nitrogens with one attached hydrogen (secondary N) is 1. The van der Waals surface area contributed by atoms with Gasteiger partial charge in [0.2, 0.25) is 0 Å². The average Bonchev–Trinajstić information content (AvgIpc) is 2.36. The van der Waals surface area contributed by atoms with Gasteiger partial charge in [-0.25, -0.2) is 0 Å². The maximum atomic E-state index is 11.9. The molecule has 0 aliphatic carbocycles. The minimum absolute atomic E-state index is 0.188. The third-order valence-electron chi connectivity index (χ3n) is 2.26. The molecule has 0 aromatic heterocycles. The molecular weight excluding hydrogens is 254 g/mol. The molecule has 0 unspecified atom stereocenters. The third-order valence-corrected chi connectivity index (χ3v) is 3.17. The topological polar surface area (TPSA) is 29.1 Å². The van der Waals surface area contributed by atoms with E-state index in [-0.39, 0.29) is 5.91 Å². The lowest BCUT2D eigenvalue weighted by atomic mass is 10.2. The fourth-order valence-corrected chi connectivity index (χ4v) is 1.78. The third kappa shape index (κ3) is 2.81. The van der Waals surface area contributed by atoms with Crippen LogP contribution in [0.15, 0.2) is 53.4 Å². The lowest BCUT2D eigenvalue weighted by Crippen LogP contribution is -2.11. The molecule has 2 aromatic rings. The number of amides is 1. The molecule has 0 fully saturated rings. The highest BCUT2D eigenvalue weighted by Crippen LogP contribution is 2.28. The van der Waals surface area contributed by atoms with E-state index in [2.05, 4.69) is 17.9 Å². The highest BCUT2D eigenvalue weighted by Gasteiger charge is 2.08. The van der Waals surface area contributed by atoms with Crippen molar-refractivity contribution in [3.63, 3.8) is 0 Å². The van der Waals surface area contributed by atoms with E-state index in [4.69, 9.17) is 11.6 Å². The van der Waals surface area contributed by atoms with Crippen molar-refractivity contribution in [1.82, 2.24) is 0 Å². The quantitative estimate of drug-likeness (QED) is 0.791. The van der Waals surface area contributed by atoms with Gasteiger partial charge in [-0.3, -0.25) is 4.79 Å². The minimum atomic E-state index is -0.188. The van der Waals surface area contributed by atoms with Crippen molar-refractivity contribution < 1.29 is 4.79 Å². The fraction of sp³-hybridized carbons (Fsp3) is 0. The number of thiol groups is 1. The molecule has 0 spiro atoms. The highest BCUT2D eigenvalue weighted by molar-refractivity contribution is 7.80. The Morgan fingerprint density at radius 3 is 2.47 bits per heavy atom. The standard InChI is InChI=1S/C13H10ClNOS/c14-12-10(7-4-8-11(12)17)15-13(16)9-5-2-1-3-6-9/h1-8,17H,(H,15,16). The maximum Gasteiger partial charge on any atom is 0.255 e. The zero-order valence-electron chi connectivity index (χ0n) is 8.85. The van der Waals surface area contributed by atoms with Crippen LogP contribution in [0.4, 0.5) is 5.69 Å². The number of anilines is 1. The molecule has 0 atom stereocenters. The first-order chi connectivity index (χ1) is 8.18. The van der Waals surface area contributed by atoms with Crippen LogP contribution in [0.5, 0.6) is 0 Å². The Morgan fingerprint density at radius 2 is 1.76 bits per heavy atom. The Balaban J connectivity index is 2.22. The van der Waals surface area contributed by atoms with Crippen LogP contribution >= 0.6 is 24.2 Å². The largest absolute Gasteiger partial charge is 0.321 e. The van der Waals surface area contributed by atoms with Crippen LogP contribution in [0.3, 0.4) is 0 Å². The number of hydrogen-bond acceptors (Lipinski definition) is 2. The summed E-state index contributed by atoms with van der Waals surface area (Å²) in [6.45, 7) is 0. The summed E-state index contributed by atoms with van der Waals surface area (Å²) < 4.78 is 0. The molecule has 1 N–H and O–H groups in total. The van der Waals surface area contributed by atoms with Crippen molar-refractivity contribution in [1.29, 1.82) is 0 Å². The molecule has 2 aromatic carbocycles. The van der Waals surface area contributed by atoms with Gasteiger partial charge in [0.15, 0.2) is 0 Å². The van der Waals surface area contributed by atoms with Gasteiger partial charge < -0.3 is 5.32 Å². The predicted octanol–water partition coefficient (Wildman–Crippen LogP) is 3.88. The average molecular weight is 264 g/mol. The second-order valence-electron chi connectivity index (χ2n) is 3.46. The summed E-state index contributed by atoms with van der Waals surface area (Å²) >= 11 is 10.2. The molecule has 0 saturated heterocycles. The van der Waals surface area contributed by atoms with Crippen LogP contribution in [-0.2, 0) is 0 Å². The lowest BCUT2D eigenvalue weighted by molar-refractivity contribution is 0.102. The van der Waals surface area contributed by atoms with Crippen LogP contribution < -0.4 is 5.32 Å². The summed E-state index contributed by atoms with van der Waals surface area (Å²) in [4.78, 5) is 12.5. The maximum absolute atomic E-state index is 11.9. The summed E-state index contributed by atoms with van der Waals surface area (Å²) in [6, 6.07) is 14.3. The van der Waals surface area contributed by atoms with Crippen molar-refractivity contribution in [2.45, 2.75) is 4.90 Å². The number of carbonyl (C=O) groups excluding carboxylic acids is 1. The number of benzene rings is 2. The molecule has 0 heterocycles. The molecule has 2 rings (SSSR count). The van der Waals surface area contributed by atoms with Gasteiger partial charge in [-0.2, -0.15) is 0 Å². The van der Waals surface area contributed by atoms with Crippen LogP contribution in [0, 0.1) is 0 Å². The second kappa shape index (κ2) is 5.25. The molecule has 0 bridgehead atoms. The van der Waals surface area contributed by atoms with Gasteiger partial charge in [-0.15, -0.1) is 12.6 Å². The monoisotopic (exact) mass is 263 g/mol. The molecule has 0 aliphatic heterocycles.